The summed E-state index contributed by atoms with van der Waals surface area (Å²) in [6.07, 6.45) is 2.41. The van der Waals surface area contributed by atoms with Gasteiger partial charge in [-0.1, -0.05) is 0 Å². The fourth-order valence-electron chi connectivity index (χ4n) is 2.29. The standard InChI is InChI=1S/C16H15BrN4OS/c1-9(19)5-13-14(17)15-16(23-13)12(6-10(7-18)21-15)20-8-11-3-2-4-22-11/h2-4,6,9H,5,8,19H2,1H3,(H,20,21)/t9-/m0/s1. The van der Waals surface area contributed by atoms with Gasteiger partial charge in [0.25, 0.3) is 0 Å². The van der Waals surface area contributed by atoms with Crippen LogP contribution in [0.4, 0.5) is 5.69 Å². The van der Waals surface area contributed by atoms with Gasteiger partial charge in [-0.15, -0.1) is 11.3 Å². The highest BCUT2D eigenvalue weighted by atomic mass is 79.9. The summed E-state index contributed by atoms with van der Waals surface area (Å²) in [4.78, 5) is 5.56. The Morgan fingerprint density at radius 1 is 1.57 bits per heavy atom. The van der Waals surface area contributed by atoms with Crippen LogP contribution in [0.3, 0.4) is 0 Å². The molecule has 0 saturated heterocycles. The lowest BCUT2D eigenvalue weighted by Gasteiger charge is -2.06. The summed E-state index contributed by atoms with van der Waals surface area (Å²) in [5.74, 6) is 0.833. The van der Waals surface area contributed by atoms with Crippen LogP contribution >= 0.6 is 27.3 Å². The Hall–Kier alpha value is -1.88. The van der Waals surface area contributed by atoms with Crippen molar-refractivity contribution >= 4 is 43.2 Å². The second-order valence-electron chi connectivity index (χ2n) is 5.30. The summed E-state index contributed by atoms with van der Waals surface area (Å²) in [5.41, 5.74) is 7.97. The number of fused-ring (bicyclic) bond motifs is 1. The van der Waals surface area contributed by atoms with Gasteiger partial charge in [-0.05, 0) is 47.5 Å². The maximum absolute atomic E-state index is 9.23. The molecule has 0 aliphatic heterocycles. The fourth-order valence-corrected chi connectivity index (χ4v) is 4.38. The summed E-state index contributed by atoms with van der Waals surface area (Å²) in [6.45, 7) is 2.52. The second-order valence-corrected chi connectivity index (χ2v) is 7.20. The third kappa shape index (κ3) is 3.39. The van der Waals surface area contributed by atoms with Crippen LogP contribution in [0.1, 0.15) is 23.3 Å². The van der Waals surface area contributed by atoms with E-state index in [0.29, 0.717) is 12.2 Å². The van der Waals surface area contributed by atoms with Gasteiger partial charge < -0.3 is 15.5 Å². The van der Waals surface area contributed by atoms with E-state index in [0.717, 1.165) is 37.4 Å². The van der Waals surface area contributed by atoms with Gasteiger partial charge in [0.15, 0.2) is 0 Å². The van der Waals surface area contributed by atoms with Crippen LogP contribution in [-0.4, -0.2) is 11.0 Å². The molecule has 3 aromatic rings. The number of nitrogens with zero attached hydrogens (tertiary/aromatic N) is 2. The molecule has 0 spiro atoms. The van der Waals surface area contributed by atoms with Crippen LogP contribution in [0, 0.1) is 11.3 Å². The highest BCUT2D eigenvalue weighted by molar-refractivity contribution is 9.10. The normalized spacial score (nSPS) is 12.3. The fraction of sp³-hybridized carbons (Fsp3) is 0.250. The first-order valence-electron chi connectivity index (χ1n) is 7.12. The minimum Gasteiger partial charge on any atom is -0.467 e. The Kier molecular flexibility index (Phi) is 4.66. The summed E-state index contributed by atoms with van der Waals surface area (Å²) in [5, 5.41) is 12.6. The van der Waals surface area contributed by atoms with Crippen molar-refractivity contribution in [3.8, 4) is 6.07 Å². The highest BCUT2D eigenvalue weighted by Gasteiger charge is 2.17. The molecule has 1 atom stereocenters. The smallest absolute Gasteiger partial charge is 0.143 e. The Morgan fingerprint density at radius 3 is 3.04 bits per heavy atom. The largest absolute Gasteiger partial charge is 0.467 e. The van der Waals surface area contributed by atoms with Crippen molar-refractivity contribution in [3.05, 3.63) is 45.3 Å². The molecule has 3 heterocycles. The number of hydrogen-bond donors (Lipinski definition) is 2. The lowest BCUT2D eigenvalue weighted by molar-refractivity contribution is 0.518. The maximum atomic E-state index is 9.23. The van der Waals surface area contributed by atoms with Gasteiger partial charge in [-0.3, -0.25) is 0 Å². The van der Waals surface area contributed by atoms with E-state index in [2.05, 4.69) is 32.3 Å². The zero-order valence-corrected chi connectivity index (χ0v) is 14.9. The van der Waals surface area contributed by atoms with Gasteiger partial charge in [-0.2, -0.15) is 5.26 Å². The molecule has 3 N–H and O–H groups in total. The molecule has 0 unspecified atom stereocenters. The Balaban J connectivity index is 2.02. The van der Waals surface area contributed by atoms with E-state index in [-0.39, 0.29) is 6.04 Å². The van der Waals surface area contributed by atoms with E-state index in [1.165, 1.54) is 0 Å². The Morgan fingerprint density at radius 2 is 2.39 bits per heavy atom. The Bertz CT molecular complexity index is 864. The van der Waals surface area contributed by atoms with Crippen LogP contribution in [0.15, 0.2) is 33.4 Å². The zero-order valence-electron chi connectivity index (χ0n) is 12.5. The molecule has 0 radical (unpaired) electrons. The lowest BCUT2D eigenvalue weighted by Crippen LogP contribution is -2.17. The van der Waals surface area contributed by atoms with E-state index in [1.54, 1.807) is 23.7 Å². The number of furan rings is 1. The van der Waals surface area contributed by atoms with Gasteiger partial charge in [0.1, 0.15) is 17.5 Å². The maximum Gasteiger partial charge on any atom is 0.143 e. The van der Waals surface area contributed by atoms with Crippen molar-refractivity contribution in [2.45, 2.75) is 25.9 Å². The summed E-state index contributed by atoms with van der Waals surface area (Å²) < 4.78 is 7.28. The SMILES string of the molecule is C[C@H](N)Cc1sc2c(NCc3ccco3)cc(C#N)nc2c1Br. The first kappa shape index (κ1) is 16.0. The minimum atomic E-state index is 0.0642. The third-order valence-electron chi connectivity index (χ3n) is 3.31. The average molecular weight is 391 g/mol. The first-order chi connectivity index (χ1) is 11.1. The first-order valence-corrected chi connectivity index (χ1v) is 8.73. The number of aromatic nitrogens is 1. The van der Waals surface area contributed by atoms with Crippen molar-refractivity contribution in [3.63, 3.8) is 0 Å². The minimum absolute atomic E-state index is 0.0642. The monoisotopic (exact) mass is 390 g/mol. The van der Waals surface area contributed by atoms with E-state index in [1.807, 2.05) is 19.1 Å². The van der Waals surface area contributed by atoms with Gasteiger partial charge in [0, 0.05) is 10.9 Å². The summed E-state index contributed by atoms with van der Waals surface area (Å²) in [7, 11) is 0. The molecule has 0 fully saturated rings. The molecule has 0 amide bonds. The van der Waals surface area contributed by atoms with Crippen molar-refractivity contribution in [1.29, 1.82) is 5.26 Å². The number of anilines is 1. The molecule has 0 bridgehead atoms. The topological polar surface area (TPSA) is 87.9 Å². The molecular weight excluding hydrogens is 376 g/mol. The molecule has 0 saturated carbocycles. The van der Waals surface area contributed by atoms with E-state index < -0.39 is 0 Å². The summed E-state index contributed by atoms with van der Waals surface area (Å²) >= 11 is 5.25. The zero-order chi connectivity index (χ0) is 16.4. The molecule has 0 aliphatic carbocycles. The second kappa shape index (κ2) is 6.71. The molecule has 5 nitrogen and oxygen atoms in total. The van der Waals surface area contributed by atoms with E-state index in [9.17, 15) is 5.26 Å². The number of hydrogen-bond acceptors (Lipinski definition) is 6. The van der Waals surface area contributed by atoms with Crippen molar-refractivity contribution in [2.75, 3.05) is 5.32 Å². The number of nitrogens with one attached hydrogen (secondary N) is 1. The number of thiophene rings is 1. The van der Waals surface area contributed by atoms with Crippen LogP contribution < -0.4 is 11.1 Å². The lowest BCUT2D eigenvalue weighted by atomic mass is 10.2. The van der Waals surface area contributed by atoms with Crippen molar-refractivity contribution in [2.24, 2.45) is 5.73 Å². The molecule has 7 heteroatoms. The molecule has 118 valence electrons. The number of nitriles is 1. The predicted molar refractivity (Wildman–Crippen MR) is 95.4 cm³/mol. The van der Waals surface area contributed by atoms with Crippen LogP contribution in [-0.2, 0) is 13.0 Å². The van der Waals surface area contributed by atoms with Gasteiger partial charge in [0.05, 0.1) is 33.2 Å². The van der Waals surface area contributed by atoms with Crippen LogP contribution in [0.25, 0.3) is 10.2 Å². The quantitative estimate of drug-likeness (QED) is 0.686. The average Bonchev–Trinajstić information content (AvgIpc) is 3.14. The van der Waals surface area contributed by atoms with E-state index in [4.69, 9.17) is 10.2 Å². The van der Waals surface area contributed by atoms with Gasteiger partial charge in [-0.25, -0.2) is 4.98 Å². The molecule has 3 aromatic heterocycles. The Labute approximate surface area is 146 Å². The van der Waals surface area contributed by atoms with Crippen molar-refractivity contribution < 1.29 is 4.42 Å². The number of pyridine rings is 1. The molecule has 0 aliphatic rings. The van der Waals surface area contributed by atoms with E-state index >= 15 is 0 Å². The van der Waals surface area contributed by atoms with Crippen LogP contribution in [0.5, 0.6) is 0 Å². The number of halogens is 1. The molecule has 0 aromatic carbocycles. The highest BCUT2D eigenvalue weighted by Crippen LogP contribution is 2.39. The predicted octanol–water partition coefficient (Wildman–Crippen LogP) is 4.03. The third-order valence-corrected chi connectivity index (χ3v) is 5.66. The molecule has 23 heavy (non-hydrogen) atoms. The number of rotatable bonds is 5. The van der Waals surface area contributed by atoms with Crippen molar-refractivity contribution in [1.82, 2.24) is 4.98 Å². The molecular formula is C16H15BrN4OS. The van der Waals surface area contributed by atoms with Gasteiger partial charge >= 0.3 is 0 Å². The van der Waals surface area contributed by atoms with Crippen LogP contribution in [0.2, 0.25) is 0 Å². The van der Waals surface area contributed by atoms with Gasteiger partial charge in [0.2, 0.25) is 0 Å². The summed E-state index contributed by atoms with van der Waals surface area (Å²) in [6, 6.07) is 7.70. The molecule has 3 rings (SSSR count). The number of nitrogens with two attached hydrogens (primary N) is 1.